The number of hydrogen-bond donors (Lipinski definition) is 1. The maximum absolute atomic E-state index is 12.3. The number of nitrogens with zero attached hydrogens (tertiary/aromatic N) is 2. The van der Waals surface area contributed by atoms with Gasteiger partial charge in [-0.2, -0.15) is 13.2 Å². The number of amides is 1. The number of carboxylic acids is 1. The van der Waals surface area contributed by atoms with Crippen LogP contribution in [-0.4, -0.2) is 64.9 Å². The fourth-order valence-electron chi connectivity index (χ4n) is 3.96. The standard InChI is InChI=1S/C18H24N2O3.C2HF3O2/c21-17(14-3-1-4-14)20-12-18(13-20)15(7-10-23-18)6-9-22-16-5-2-8-19-11-16;3-2(4,5)1(6)7/h2,5,8,11,14-15H,1,3-4,6-7,9-10,12-13H2;(H,6,7). The lowest BCUT2D eigenvalue weighted by Gasteiger charge is -2.51. The number of carboxylic acid groups (broad SMARTS) is 1. The Morgan fingerprint density at radius 1 is 1.30 bits per heavy atom. The number of carbonyl (C=O) groups excluding carboxylic acids is 1. The molecule has 7 nitrogen and oxygen atoms in total. The van der Waals surface area contributed by atoms with E-state index < -0.39 is 12.1 Å². The van der Waals surface area contributed by atoms with E-state index in [1.165, 1.54) is 6.42 Å². The zero-order chi connectivity index (χ0) is 21.8. The minimum atomic E-state index is -5.08. The Morgan fingerprint density at radius 3 is 2.53 bits per heavy atom. The van der Waals surface area contributed by atoms with Crippen LogP contribution in [0, 0.1) is 11.8 Å². The zero-order valence-corrected chi connectivity index (χ0v) is 16.4. The average Bonchev–Trinajstić information content (AvgIpc) is 3.03. The summed E-state index contributed by atoms with van der Waals surface area (Å²) in [5.74, 6) is -0.808. The lowest BCUT2D eigenvalue weighted by Crippen LogP contribution is -2.67. The highest BCUT2D eigenvalue weighted by molar-refractivity contribution is 5.80. The average molecular weight is 430 g/mol. The summed E-state index contributed by atoms with van der Waals surface area (Å²) in [5, 5.41) is 7.12. The second-order valence-electron chi connectivity index (χ2n) is 7.85. The van der Waals surface area contributed by atoms with Crippen LogP contribution in [0.2, 0.25) is 0 Å². The predicted octanol–water partition coefficient (Wildman–Crippen LogP) is 2.90. The van der Waals surface area contributed by atoms with Crippen LogP contribution in [0.1, 0.15) is 32.1 Å². The second kappa shape index (κ2) is 9.20. The van der Waals surface area contributed by atoms with Crippen LogP contribution in [0.4, 0.5) is 13.2 Å². The molecule has 0 bridgehead atoms. The van der Waals surface area contributed by atoms with Crippen molar-refractivity contribution < 1.29 is 37.3 Å². The molecular weight excluding hydrogens is 405 g/mol. The molecule has 1 spiro atoms. The van der Waals surface area contributed by atoms with Gasteiger partial charge in [0.05, 0.1) is 25.9 Å². The second-order valence-corrected chi connectivity index (χ2v) is 7.85. The highest BCUT2D eigenvalue weighted by Gasteiger charge is 2.55. The third-order valence-corrected chi connectivity index (χ3v) is 5.89. The Bertz CT molecular complexity index is 734. The van der Waals surface area contributed by atoms with Crippen LogP contribution >= 0.6 is 0 Å². The molecule has 2 aliphatic heterocycles. The molecule has 0 aromatic carbocycles. The maximum Gasteiger partial charge on any atom is 0.490 e. The lowest BCUT2D eigenvalue weighted by atomic mass is 9.77. The van der Waals surface area contributed by atoms with Crippen LogP contribution in [0.25, 0.3) is 0 Å². The first-order chi connectivity index (χ1) is 14.2. The van der Waals surface area contributed by atoms with Crippen LogP contribution in [0.3, 0.4) is 0 Å². The number of aliphatic carboxylic acids is 1. The zero-order valence-electron chi connectivity index (χ0n) is 16.4. The summed E-state index contributed by atoms with van der Waals surface area (Å²) in [6.07, 6.45) is 3.80. The van der Waals surface area contributed by atoms with E-state index in [4.69, 9.17) is 19.4 Å². The number of likely N-dealkylation sites (tertiary alicyclic amines) is 1. The van der Waals surface area contributed by atoms with Gasteiger partial charge >= 0.3 is 12.1 Å². The van der Waals surface area contributed by atoms with Crippen molar-refractivity contribution in [3.63, 3.8) is 0 Å². The third kappa shape index (κ3) is 5.21. The van der Waals surface area contributed by atoms with Gasteiger partial charge in [0.1, 0.15) is 11.4 Å². The molecule has 10 heteroatoms. The van der Waals surface area contributed by atoms with Crippen molar-refractivity contribution in [2.75, 3.05) is 26.3 Å². The molecule has 166 valence electrons. The van der Waals surface area contributed by atoms with Crippen molar-refractivity contribution in [2.24, 2.45) is 11.8 Å². The molecule has 1 amide bonds. The van der Waals surface area contributed by atoms with E-state index in [9.17, 15) is 18.0 Å². The van der Waals surface area contributed by atoms with Crippen LogP contribution in [0.5, 0.6) is 5.75 Å². The van der Waals surface area contributed by atoms with Crippen LogP contribution in [-0.2, 0) is 14.3 Å². The van der Waals surface area contributed by atoms with Gasteiger partial charge in [-0.3, -0.25) is 9.78 Å². The summed E-state index contributed by atoms with van der Waals surface area (Å²) >= 11 is 0. The molecule has 1 unspecified atom stereocenters. The molecule has 2 saturated heterocycles. The molecule has 1 aromatic rings. The van der Waals surface area contributed by atoms with Crippen LogP contribution in [0.15, 0.2) is 24.5 Å². The van der Waals surface area contributed by atoms with Gasteiger partial charge in [-0.05, 0) is 43.7 Å². The van der Waals surface area contributed by atoms with Gasteiger partial charge in [0.15, 0.2) is 0 Å². The van der Waals surface area contributed by atoms with Crippen molar-refractivity contribution in [2.45, 2.75) is 43.9 Å². The van der Waals surface area contributed by atoms with Crippen molar-refractivity contribution >= 4 is 11.9 Å². The smallest absolute Gasteiger partial charge is 0.490 e. The fourth-order valence-corrected chi connectivity index (χ4v) is 3.96. The molecule has 30 heavy (non-hydrogen) atoms. The van der Waals surface area contributed by atoms with E-state index in [0.717, 1.165) is 51.1 Å². The molecule has 1 aromatic heterocycles. The molecule has 3 fully saturated rings. The van der Waals surface area contributed by atoms with Gasteiger partial charge < -0.3 is 19.5 Å². The molecule has 1 atom stereocenters. The number of halogens is 3. The topological polar surface area (TPSA) is 89.0 Å². The van der Waals surface area contributed by atoms with Gasteiger partial charge in [0.2, 0.25) is 5.91 Å². The van der Waals surface area contributed by atoms with Crippen molar-refractivity contribution in [3.05, 3.63) is 24.5 Å². The summed E-state index contributed by atoms with van der Waals surface area (Å²) in [5.41, 5.74) is -0.0995. The Kier molecular flexibility index (Phi) is 6.84. The highest BCUT2D eigenvalue weighted by atomic mass is 19.4. The number of ether oxygens (including phenoxy) is 2. The maximum atomic E-state index is 12.3. The van der Waals surface area contributed by atoms with E-state index >= 15 is 0 Å². The fraction of sp³-hybridized carbons (Fsp3) is 0.650. The number of rotatable bonds is 5. The molecule has 1 N–H and O–H groups in total. The number of hydrogen-bond acceptors (Lipinski definition) is 5. The summed E-state index contributed by atoms with van der Waals surface area (Å²) in [6, 6.07) is 3.81. The van der Waals surface area contributed by atoms with Gasteiger partial charge in [-0.1, -0.05) is 6.42 Å². The Labute approximate surface area is 172 Å². The van der Waals surface area contributed by atoms with Crippen molar-refractivity contribution in [3.8, 4) is 5.75 Å². The molecule has 1 aliphatic carbocycles. The predicted molar refractivity (Wildman–Crippen MR) is 98.8 cm³/mol. The minimum absolute atomic E-state index is 0.0995. The first kappa shape index (κ1) is 22.3. The Hall–Kier alpha value is -2.36. The normalized spacial score (nSPS) is 22.5. The van der Waals surface area contributed by atoms with E-state index in [0.29, 0.717) is 24.3 Å². The van der Waals surface area contributed by atoms with Gasteiger partial charge in [0, 0.05) is 18.7 Å². The minimum Gasteiger partial charge on any atom is -0.492 e. The van der Waals surface area contributed by atoms with E-state index in [1.807, 2.05) is 17.0 Å². The van der Waals surface area contributed by atoms with E-state index in [2.05, 4.69) is 4.98 Å². The number of aromatic nitrogens is 1. The van der Waals surface area contributed by atoms with E-state index in [-0.39, 0.29) is 5.60 Å². The van der Waals surface area contributed by atoms with Gasteiger partial charge in [-0.25, -0.2) is 4.79 Å². The first-order valence-corrected chi connectivity index (χ1v) is 9.97. The van der Waals surface area contributed by atoms with Crippen molar-refractivity contribution in [1.29, 1.82) is 0 Å². The first-order valence-electron chi connectivity index (χ1n) is 9.97. The Balaban J connectivity index is 0.000000318. The number of pyridine rings is 1. The van der Waals surface area contributed by atoms with Gasteiger partial charge in [0.25, 0.3) is 0 Å². The molecular formula is C20H25F3N2O5. The van der Waals surface area contributed by atoms with Gasteiger partial charge in [-0.15, -0.1) is 0 Å². The summed E-state index contributed by atoms with van der Waals surface area (Å²) in [4.78, 5) is 27.2. The molecule has 3 aliphatic rings. The highest BCUT2D eigenvalue weighted by Crippen LogP contribution is 2.43. The van der Waals surface area contributed by atoms with E-state index in [1.54, 1.807) is 12.4 Å². The number of carbonyl (C=O) groups is 2. The lowest BCUT2D eigenvalue weighted by molar-refractivity contribution is -0.192. The SMILES string of the molecule is O=C(C1CCC1)N1CC2(C1)OCCC2CCOc1cccnc1.O=C(O)C(F)(F)F. The number of alkyl halides is 3. The molecule has 4 rings (SSSR count). The largest absolute Gasteiger partial charge is 0.492 e. The summed E-state index contributed by atoms with van der Waals surface area (Å²) < 4.78 is 43.5. The monoisotopic (exact) mass is 430 g/mol. The Morgan fingerprint density at radius 2 is 2.00 bits per heavy atom. The molecule has 1 saturated carbocycles. The summed E-state index contributed by atoms with van der Waals surface area (Å²) in [6.45, 7) is 3.04. The summed E-state index contributed by atoms with van der Waals surface area (Å²) in [7, 11) is 0. The van der Waals surface area contributed by atoms with Crippen molar-refractivity contribution in [1.82, 2.24) is 9.88 Å². The third-order valence-electron chi connectivity index (χ3n) is 5.89. The molecule has 3 heterocycles. The quantitative estimate of drug-likeness (QED) is 0.773. The molecule has 0 radical (unpaired) electrons. The van der Waals surface area contributed by atoms with Crippen LogP contribution < -0.4 is 4.74 Å².